The summed E-state index contributed by atoms with van der Waals surface area (Å²) in [6.45, 7) is 4.05. The lowest BCUT2D eigenvalue weighted by atomic mass is 10.1. The van der Waals surface area contributed by atoms with Crippen LogP contribution in [0.1, 0.15) is 58.8 Å². The first-order valence-corrected chi connectivity index (χ1v) is 7.25. The van der Waals surface area contributed by atoms with Gasteiger partial charge in [-0.15, -0.1) is 0 Å². The Morgan fingerprint density at radius 3 is 2.56 bits per heavy atom. The molecule has 0 radical (unpaired) electrons. The van der Waals surface area contributed by atoms with Crippen molar-refractivity contribution in [1.82, 2.24) is 10.2 Å². The van der Waals surface area contributed by atoms with Crippen LogP contribution < -0.4 is 5.32 Å². The molecule has 0 aromatic heterocycles. The van der Waals surface area contributed by atoms with Gasteiger partial charge in [-0.3, -0.25) is 9.59 Å². The third kappa shape index (κ3) is 2.68. The van der Waals surface area contributed by atoms with E-state index in [9.17, 15) is 9.59 Å². The van der Waals surface area contributed by atoms with Gasteiger partial charge in [0.2, 0.25) is 11.8 Å². The lowest BCUT2D eigenvalue weighted by Gasteiger charge is -2.34. The smallest absolute Gasteiger partial charge is 0.245 e. The molecule has 1 N–H and O–H groups in total. The van der Waals surface area contributed by atoms with Gasteiger partial charge in [-0.1, -0.05) is 26.2 Å². The molecule has 0 spiro atoms. The maximum Gasteiger partial charge on any atom is 0.245 e. The van der Waals surface area contributed by atoms with Crippen LogP contribution in [0.25, 0.3) is 0 Å². The summed E-state index contributed by atoms with van der Waals surface area (Å²) in [5.41, 5.74) is 0. The van der Waals surface area contributed by atoms with Gasteiger partial charge in [-0.2, -0.15) is 0 Å². The zero-order chi connectivity index (χ0) is 13.1. The minimum absolute atomic E-state index is 0.0230. The molecule has 2 unspecified atom stereocenters. The maximum atomic E-state index is 12.6. The zero-order valence-corrected chi connectivity index (χ0v) is 11.4. The first-order valence-electron chi connectivity index (χ1n) is 7.25. The highest BCUT2D eigenvalue weighted by molar-refractivity contribution is 5.90. The number of nitrogens with one attached hydrogen (secondary N) is 1. The van der Waals surface area contributed by atoms with E-state index in [0.29, 0.717) is 12.5 Å². The fraction of sp³-hybridized carbons (Fsp3) is 0.857. The molecule has 1 aliphatic carbocycles. The van der Waals surface area contributed by atoms with Gasteiger partial charge in [0.1, 0.15) is 6.04 Å². The molecule has 2 amide bonds. The van der Waals surface area contributed by atoms with Crippen LogP contribution in [0, 0.1) is 0 Å². The van der Waals surface area contributed by atoms with Crippen molar-refractivity contribution in [2.24, 2.45) is 0 Å². The number of hydrogen-bond acceptors (Lipinski definition) is 2. The first-order chi connectivity index (χ1) is 8.63. The quantitative estimate of drug-likeness (QED) is 0.833. The SMILES string of the molecule is CCCC1NC(=O)CC(C)N(C2CCCC2)C1=O. The lowest BCUT2D eigenvalue weighted by molar-refractivity contribution is -0.137. The Balaban J connectivity index is 2.17. The van der Waals surface area contributed by atoms with Crippen LogP contribution in [-0.4, -0.2) is 34.8 Å². The summed E-state index contributed by atoms with van der Waals surface area (Å²) < 4.78 is 0. The average Bonchev–Trinajstić information content (AvgIpc) is 2.78. The van der Waals surface area contributed by atoms with Crippen molar-refractivity contribution >= 4 is 11.8 Å². The Bertz CT molecular complexity index is 324. The van der Waals surface area contributed by atoms with E-state index in [0.717, 1.165) is 25.7 Å². The van der Waals surface area contributed by atoms with Crippen molar-refractivity contribution in [3.63, 3.8) is 0 Å². The molecule has 1 saturated heterocycles. The minimum Gasteiger partial charge on any atom is -0.344 e. The summed E-state index contributed by atoms with van der Waals surface area (Å²) in [4.78, 5) is 26.4. The molecule has 0 aromatic rings. The van der Waals surface area contributed by atoms with Crippen molar-refractivity contribution in [2.45, 2.75) is 76.9 Å². The normalized spacial score (nSPS) is 30.4. The van der Waals surface area contributed by atoms with Crippen molar-refractivity contribution in [3.05, 3.63) is 0 Å². The maximum absolute atomic E-state index is 12.6. The van der Waals surface area contributed by atoms with E-state index >= 15 is 0 Å². The Kier molecular flexibility index (Phi) is 4.25. The predicted molar refractivity (Wildman–Crippen MR) is 70.0 cm³/mol. The molecule has 1 aliphatic heterocycles. The number of rotatable bonds is 3. The Hall–Kier alpha value is -1.06. The molecular weight excluding hydrogens is 228 g/mol. The molecule has 2 fully saturated rings. The van der Waals surface area contributed by atoms with Crippen LogP contribution in [0.3, 0.4) is 0 Å². The van der Waals surface area contributed by atoms with Crippen LogP contribution in [0.15, 0.2) is 0 Å². The minimum atomic E-state index is -0.298. The molecule has 4 nitrogen and oxygen atoms in total. The van der Waals surface area contributed by atoms with Gasteiger partial charge in [-0.25, -0.2) is 0 Å². The Morgan fingerprint density at radius 2 is 1.94 bits per heavy atom. The van der Waals surface area contributed by atoms with Crippen molar-refractivity contribution in [3.8, 4) is 0 Å². The molecule has 0 aromatic carbocycles. The second kappa shape index (κ2) is 5.72. The number of amides is 2. The fourth-order valence-corrected chi connectivity index (χ4v) is 3.29. The van der Waals surface area contributed by atoms with Crippen molar-refractivity contribution in [1.29, 1.82) is 0 Å². The molecule has 0 bridgehead atoms. The van der Waals surface area contributed by atoms with Crippen molar-refractivity contribution in [2.75, 3.05) is 0 Å². The van der Waals surface area contributed by atoms with E-state index in [2.05, 4.69) is 5.32 Å². The van der Waals surface area contributed by atoms with Crippen LogP contribution in [0.4, 0.5) is 0 Å². The van der Waals surface area contributed by atoms with Gasteiger partial charge in [-0.05, 0) is 26.2 Å². The molecule has 102 valence electrons. The van der Waals surface area contributed by atoms with Gasteiger partial charge >= 0.3 is 0 Å². The van der Waals surface area contributed by atoms with Gasteiger partial charge in [0.05, 0.1) is 0 Å². The van der Waals surface area contributed by atoms with Crippen LogP contribution in [0.5, 0.6) is 0 Å². The molecule has 2 aliphatic rings. The molecule has 1 heterocycles. The summed E-state index contributed by atoms with van der Waals surface area (Å²) in [6, 6.07) is 0.107. The average molecular weight is 252 g/mol. The third-order valence-electron chi connectivity index (χ3n) is 4.14. The van der Waals surface area contributed by atoms with E-state index in [1.165, 1.54) is 12.8 Å². The summed E-state index contributed by atoms with van der Waals surface area (Å²) in [6.07, 6.45) is 6.74. The van der Waals surface area contributed by atoms with Gasteiger partial charge in [0.25, 0.3) is 0 Å². The van der Waals surface area contributed by atoms with E-state index in [4.69, 9.17) is 0 Å². The second-order valence-electron chi connectivity index (χ2n) is 5.65. The van der Waals surface area contributed by atoms with Crippen molar-refractivity contribution < 1.29 is 9.59 Å². The molecule has 1 saturated carbocycles. The van der Waals surface area contributed by atoms with Crippen LogP contribution in [0.2, 0.25) is 0 Å². The Labute approximate surface area is 109 Å². The second-order valence-corrected chi connectivity index (χ2v) is 5.65. The first kappa shape index (κ1) is 13.4. The highest BCUT2D eigenvalue weighted by atomic mass is 16.2. The van der Waals surface area contributed by atoms with E-state index in [1.807, 2.05) is 18.7 Å². The largest absolute Gasteiger partial charge is 0.344 e. The molecule has 2 atom stereocenters. The van der Waals surface area contributed by atoms with E-state index in [1.54, 1.807) is 0 Å². The van der Waals surface area contributed by atoms with E-state index in [-0.39, 0.29) is 23.9 Å². The van der Waals surface area contributed by atoms with E-state index < -0.39 is 0 Å². The standard InChI is InChI=1S/C14H24N2O2/c1-3-6-12-14(18)16(11-7-4-5-8-11)10(2)9-13(17)15-12/h10-12H,3-9H2,1-2H3,(H,15,17). The Morgan fingerprint density at radius 1 is 1.28 bits per heavy atom. The van der Waals surface area contributed by atoms with Gasteiger partial charge in [0.15, 0.2) is 0 Å². The number of hydrogen-bond donors (Lipinski definition) is 1. The van der Waals surface area contributed by atoms with Gasteiger partial charge in [0, 0.05) is 18.5 Å². The summed E-state index contributed by atoms with van der Waals surface area (Å²) in [5, 5.41) is 2.88. The summed E-state index contributed by atoms with van der Waals surface area (Å²) >= 11 is 0. The fourth-order valence-electron chi connectivity index (χ4n) is 3.29. The molecule has 4 heteroatoms. The number of nitrogens with zero attached hydrogens (tertiary/aromatic N) is 1. The summed E-state index contributed by atoms with van der Waals surface area (Å²) in [7, 11) is 0. The summed E-state index contributed by atoms with van der Waals surface area (Å²) in [5.74, 6) is 0.164. The van der Waals surface area contributed by atoms with Crippen LogP contribution in [-0.2, 0) is 9.59 Å². The number of carbonyl (C=O) groups is 2. The zero-order valence-electron chi connectivity index (χ0n) is 11.4. The molecular formula is C14H24N2O2. The highest BCUT2D eigenvalue weighted by Gasteiger charge is 2.37. The predicted octanol–water partition coefficient (Wildman–Crippen LogP) is 1.83. The topological polar surface area (TPSA) is 49.4 Å². The molecule has 18 heavy (non-hydrogen) atoms. The number of carbonyl (C=O) groups excluding carboxylic acids is 2. The highest BCUT2D eigenvalue weighted by Crippen LogP contribution is 2.28. The third-order valence-corrected chi connectivity index (χ3v) is 4.14. The lowest BCUT2D eigenvalue weighted by Crippen LogP contribution is -2.50. The van der Waals surface area contributed by atoms with Crippen LogP contribution >= 0.6 is 0 Å². The monoisotopic (exact) mass is 252 g/mol. The van der Waals surface area contributed by atoms with Gasteiger partial charge < -0.3 is 10.2 Å². The molecule has 2 rings (SSSR count).